The predicted octanol–water partition coefficient (Wildman–Crippen LogP) is 5.25. The number of hydrogen-bond acceptors (Lipinski definition) is 2. The third-order valence-electron chi connectivity index (χ3n) is 4.16. The van der Waals surface area contributed by atoms with Crippen LogP contribution in [-0.2, 0) is 0 Å². The molecule has 0 N–H and O–H groups in total. The Morgan fingerprint density at radius 1 is 0.708 bits per heavy atom. The molecule has 0 unspecified atom stereocenters. The van der Waals surface area contributed by atoms with Crippen LogP contribution in [0, 0.1) is 0 Å². The first kappa shape index (κ1) is 14.5. The summed E-state index contributed by atoms with van der Waals surface area (Å²) in [7, 11) is 0. The zero-order valence-electron chi connectivity index (χ0n) is 13.1. The van der Waals surface area contributed by atoms with Gasteiger partial charge in [0.25, 0.3) is 0 Å². The molecule has 0 atom stereocenters. The van der Waals surface area contributed by atoms with Crippen molar-refractivity contribution < 1.29 is 9.53 Å². The normalized spacial score (nSPS) is 10.8. The van der Waals surface area contributed by atoms with Crippen molar-refractivity contribution in [2.24, 2.45) is 0 Å². The molecular formula is C22H16O2. The van der Waals surface area contributed by atoms with E-state index in [1.807, 2.05) is 78.9 Å². The van der Waals surface area contributed by atoms with Crippen molar-refractivity contribution in [1.82, 2.24) is 0 Å². The Labute approximate surface area is 140 Å². The van der Waals surface area contributed by atoms with E-state index in [4.69, 9.17) is 4.74 Å². The largest absolute Gasteiger partial charge is 0.485 e. The molecule has 0 radical (unpaired) electrons. The van der Waals surface area contributed by atoms with Crippen LogP contribution in [0.3, 0.4) is 0 Å². The highest BCUT2D eigenvalue weighted by molar-refractivity contribution is 6.19. The van der Waals surface area contributed by atoms with Gasteiger partial charge in [-0.15, -0.1) is 0 Å². The fourth-order valence-electron chi connectivity index (χ4n) is 3.05. The van der Waals surface area contributed by atoms with Crippen molar-refractivity contribution in [3.8, 4) is 5.75 Å². The second-order valence-electron chi connectivity index (χ2n) is 5.72. The monoisotopic (exact) mass is 312 g/mol. The molecule has 0 bridgehead atoms. The van der Waals surface area contributed by atoms with E-state index in [0.717, 1.165) is 27.1 Å². The maximum Gasteiger partial charge on any atom is 0.201 e. The van der Waals surface area contributed by atoms with Crippen LogP contribution >= 0.6 is 0 Å². The molecule has 0 fully saturated rings. The SMILES string of the molecule is O=C(COc1ccccc1)c1c2ccccc2cc2ccccc12. The fraction of sp³-hybridized carbons (Fsp3) is 0.0455. The lowest BCUT2D eigenvalue weighted by atomic mass is 9.94. The number of fused-ring (bicyclic) bond motifs is 2. The number of para-hydroxylation sites is 1. The summed E-state index contributed by atoms with van der Waals surface area (Å²) >= 11 is 0. The summed E-state index contributed by atoms with van der Waals surface area (Å²) in [6.07, 6.45) is 0. The molecular weight excluding hydrogens is 296 g/mol. The second kappa shape index (κ2) is 6.17. The first-order chi connectivity index (χ1) is 11.8. The minimum Gasteiger partial charge on any atom is -0.485 e. The maximum atomic E-state index is 12.9. The average Bonchev–Trinajstić information content (AvgIpc) is 2.65. The molecule has 0 aliphatic carbocycles. The van der Waals surface area contributed by atoms with Gasteiger partial charge in [0, 0.05) is 5.56 Å². The lowest BCUT2D eigenvalue weighted by Crippen LogP contribution is -2.12. The molecule has 0 aliphatic rings. The predicted molar refractivity (Wildman–Crippen MR) is 97.7 cm³/mol. The number of carbonyl (C=O) groups is 1. The smallest absolute Gasteiger partial charge is 0.201 e. The van der Waals surface area contributed by atoms with Gasteiger partial charge in [0.15, 0.2) is 6.61 Å². The van der Waals surface area contributed by atoms with E-state index in [-0.39, 0.29) is 12.4 Å². The number of hydrogen-bond donors (Lipinski definition) is 0. The highest BCUT2D eigenvalue weighted by Crippen LogP contribution is 2.29. The lowest BCUT2D eigenvalue weighted by Gasteiger charge is -2.11. The van der Waals surface area contributed by atoms with Gasteiger partial charge < -0.3 is 4.74 Å². The Morgan fingerprint density at radius 3 is 1.88 bits per heavy atom. The molecule has 2 heteroatoms. The van der Waals surface area contributed by atoms with E-state index in [0.29, 0.717) is 5.75 Å². The molecule has 0 aromatic heterocycles. The third kappa shape index (κ3) is 2.63. The summed E-state index contributed by atoms with van der Waals surface area (Å²) in [6, 6.07) is 27.5. The van der Waals surface area contributed by atoms with E-state index < -0.39 is 0 Å². The molecule has 0 amide bonds. The van der Waals surface area contributed by atoms with Gasteiger partial charge >= 0.3 is 0 Å². The second-order valence-corrected chi connectivity index (χ2v) is 5.72. The molecule has 0 heterocycles. The summed E-state index contributed by atoms with van der Waals surface area (Å²) in [4.78, 5) is 12.9. The zero-order chi connectivity index (χ0) is 16.4. The highest BCUT2D eigenvalue weighted by Gasteiger charge is 2.15. The number of rotatable bonds is 4. The van der Waals surface area contributed by atoms with Gasteiger partial charge in [-0.05, 0) is 39.7 Å². The standard InChI is InChI=1S/C22H16O2/c23-21(15-24-18-10-2-1-3-11-18)22-19-12-6-4-8-16(19)14-17-9-5-7-13-20(17)22/h1-14H,15H2. The van der Waals surface area contributed by atoms with E-state index >= 15 is 0 Å². The third-order valence-corrected chi connectivity index (χ3v) is 4.16. The summed E-state index contributed by atoms with van der Waals surface area (Å²) in [6.45, 7) is 0.0298. The number of carbonyl (C=O) groups excluding carboxylic acids is 1. The Morgan fingerprint density at radius 2 is 1.25 bits per heavy atom. The number of benzene rings is 4. The van der Waals surface area contributed by atoms with E-state index in [9.17, 15) is 4.79 Å². The molecule has 0 spiro atoms. The van der Waals surface area contributed by atoms with Crippen LogP contribution in [0.1, 0.15) is 10.4 Å². The Hall–Kier alpha value is -3.13. The average molecular weight is 312 g/mol. The fourth-order valence-corrected chi connectivity index (χ4v) is 3.05. The Balaban J connectivity index is 1.79. The van der Waals surface area contributed by atoms with Gasteiger partial charge in [-0.2, -0.15) is 0 Å². The van der Waals surface area contributed by atoms with Crippen molar-refractivity contribution in [3.63, 3.8) is 0 Å². The van der Waals surface area contributed by atoms with Gasteiger partial charge in [0.1, 0.15) is 5.75 Å². The Kier molecular flexibility index (Phi) is 3.72. The quantitative estimate of drug-likeness (QED) is 0.380. The first-order valence-corrected chi connectivity index (χ1v) is 7.94. The zero-order valence-corrected chi connectivity index (χ0v) is 13.1. The van der Waals surface area contributed by atoms with Crippen LogP contribution in [0.5, 0.6) is 5.75 Å². The van der Waals surface area contributed by atoms with E-state index in [1.54, 1.807) is 0 Å². The number of ether oxygens (including phenoxy) is 1. The molecule has 0 saturated heterocycles. The summed E-state index contributed by atoms with van der Waals surface area (Å²) in [5.41, 5.74) is 0.736. The van der Waals surface area contributed by atoms with Gasteiger partial charge in [-0.3, -0.25) is 4.79 Å². The van der Waals surface area contributed by atoms with Gasteiger partial charge in [-0.25, -0.2) is 0 Å². The molecule has 2 nitrogen and oxygen atoms in total. The van der Waals surface area contributed by atoms with E-state index in [2.05, 4.69) is 6.07 Å². The number of ketones is 1. The molecule has 0 saturated carbocycles. The summed E-state index contributed by atoms with van der Waals surface area (Å²) in [5.74, 6) is 0.697. The van der Waals surface area contributed by atoms with Gasteiger partial charge in [0.05, 0.1) is 0 Å². The van der Waals surface area contributed by atoms with Crippen molar-refractivity contribution in [3.05, 3.63) is 90.5 Å². The molecule has 24 heavy (non-hydrogen) atoms. The van der Waals surface area contributed by atoms with Crippen LogP contribution in [0.4, 0.5) is 0 Å². The van der Waals surface area contributed by atoms with Crippen LogP contribution in [-0.4, -0.2) is 12.4 Å². The molecule has 0 aliphatic heterocycles. The topological polar surface area (TPSA) is 26.3 Å². The maximum absolute atomic E-state index is 12.9. The van der Waals surface area contributed by atoms with Crippen LogP contribution < -0.4 is 4.74 Å². The number of Topliss-reactive ketones (excluding diaryl/α,β-unsaturated/α-hetero) is 1. The van der Waals surface area contributed by atoms with Gasteiger partial charge in [-0.1, -0.05) is 66.7 Å². The molecule has 4 aromatic carbocycles. The summed E-state index contributed by atoms with van der Waals surface area (Å²) < 4.78 is 5.67. The van der Waals surface area contributed by atoms with Crippen molar-refractivity contribution >= 4 is 27.3 Å². The van der Waals surface area contributed by atoms with Gasteiger partial charge in [0.2, 0.25) is 5.78 Å². The van der Waals surface area contributed by atoms with Crippen LogP contribution in [0.15, 0.2) is 84.9 Å². The van der Waals surface area contributed by atoms with E-state index in [1.165, 1.54) is 0 Å². The van der Waals surface area contributed by atoms with Crippen molar-refractivity contribution in [2.45, 2.75) is 0 Å². The van der Waals surface area contributed by atoms with Crippen molar-refractivity contribution in [1.29, 1.82) is 0 Å². The minimum atomic E-state index is -0.00754. The van der Waals surface area contributed by atoms with Crippen molar-refractivity contribution in [2.75, 3.05) is 6.61 Å². The lowest BCUT2D eigenvalue weighted by molar-refractivity contribution is 0.0925. The molecule has 4 aromatic rings. The minimum absolute atomic E-state index is 0.00754. The first-order valence-electron chi connectivity index (χ1n) is 7.94. The van der Waals surface area contributed by atoms with Crippen LogP contribution in [0.2, 0.25) is 0 Å². The Bertz CT molecular complexity index is 966. The summed E-state index contributed by atoms with van der Waals surface area (Å²) in [5, 5.41) is 4.08. The highest BCUT2D eigenvalue weighted by atomic mass is 16.5. The molecule has 116 valence electrons. The molecule has 4 rings (SSSR count). The van der Waals surface area contributed by atoms with Crippen LogP contribution in [0.25, 0.3) is 21.5 Å².